The minimum absolute atomic E-state index is 0.422. The first kappa shape index (κ1) is 16.1. The molecule has 4 rings (SSSR count). The first-order valence-electron chi connectivity index (χ1n) is 8.26. The van der Waals surface area contributed by atoms with E-state index in [0.717, 1.165) is 27.8 Å². The third-order valence-corrected chi connectivity index (χ3v) is 4.22. The van der Waals surface area contributed by atoms with E-state index in [1.807, 2.05) is 66.7 Å². The maximum atomic E-state index is 5.90. The molecule has 0 aliphatic rings. The summed E-state index contributed by atoms with van der Waals surface area (Å²) in [6.45, 7) is 0. The van der Waals surface area contributed by atoms with E-state index >= 15 is 0 Å². The molecule has 130 valence electrons. The molecule has 1 heterocycles. The summed E-state index contributed by atoms with van der Waals surface area (Å²) in [6.07, 6.45) is 0. The molecule has 0 atom stereocenters. The smallest absolute Gasteiger partial charge is 0.291 e. The van der Waals surface area contributed by atoms with Crippen LogP contribution in [0.4, 0.5) is 0 Å². The highest BCUT2D eigenvalue weighted by molar-refractivity contribution is 5.94. The maximum absolute atomic E-state index is 5.90. The monoisotopic (exact) mass is 346 g/mol. The average molecular weight is 346 g/mol. The van der Waals surface area contributed by atoms with Crippen LogP contribution in [-0.2, 0) is 0 Å². The van der Waals surface area contributed by atoms with E-state index < -0.39 is 0 Å². The summed E-state index contributed by atoms with van der Waals surface area (Å²) in [4.78, 5) is 0. The lowest BCUT2D eigenvalue weighted by Gasteiger charge is -2.06. The van der Waals surface area contributed by atoms with Crippen LogP contribution in [0.25, 0.3) is 22.1 Å². The van der Waals surface area contributed by atoms with Crippen molar-refractivity contribution < 1.29 is 18.6 Å². The summed E-state index contributed by atoms with van der Waals surface area (Å²) in [7, 11) is 3.27. The van der Waals surface area contributed by atoms with Crippen molar-refractivity contribution in [3.63, 3.8) is 0 Å². The van der Waals surface area contributed by atoms with Crippen LogP contribution < -0.4 is 14.2 Å². The van der Waals surface area contributed by atoms with Gasteiger partial charge in [0.1, 0.15) is 11.3 Å². The molecule has 0 fully saturated rings. The molecule has 0 amide bonds. The number of furan rings is 1. The molecule has 0 N–H and O–H groups in total. The van der Waals surface area contributed by atoms with E-state index in [-0.39, 0.29) is 0 Å². The largest absolute Gasteiger partial charge is 0.497 e. The Kier molecular flexibility index (Phi) is 4.23. The number of benzene rings is 3. The van der Waals surface area contributed by atoms with Gasteiger partial charge in [0, 0.05) is 11.5 Å². The Morgan fingerprint density at radius 3 is 2.23 bits per heavy atom. The summed E-state index contributed by atoms with van der Waals surface area (Å²) in [5, 5.41) is 0.988. The lowest BCUT2D eigenvalue weighted by atomic mass is 10.0. The fourth-order valence-electron chi connectivity index (χ4n) is 2.92. The Balaban J connectivity index is 1.73. The SMILES string of the molecule is COc1ccc(-c2cccc3oc(Oc4ccccc4OC)cc23)cc1. The van der Waals surface area contributed by atoms with Gasteiger partial charge in [0.05, 0.1) is 14.2 Å². The number of para-hydroxylation sites is 2. The van der Waals surface area contributed by atoms with Crippen LogP contribution in [0.5, 0.6) is 23.2 Å². The molecule has 0 radical (unpaired) electrons. The normalized spacial score (nSPS) is 10.7. The highest BCUT2D eigenvalue weighted by Crippen LogP contribution is 2.37. The van der Waals surface area contributed by atoms with Gasteiger partial charge in [-0.1, -0.05) is 36.4 Å². The molecule has 0 bridgehead atoms. The van der Waals surface area contributed by atoms with Crippen LogP contribution in [0.2, 0.25) is 0 Å². The van der Waals surface area contributed by atoms with E-state index in [9.17, 15) is 0 Å². The molecule has 0 saturated heterocycles. The van der Waals surface area contributed by atoms with Gasteiger partial charge in [-0.2, -0.15) is 0 Å². The van der Waals surface area contributed by atoms with Crippen LogP contribution >= 0.6 is 0 Å². The molecule has 4 heteroatoms. The molecule has 1 aromatic heterocycles. The van der Waals surface area contributed by atoms with Gasteiger partial charge in [-0.25, -0.2) is 0 Å². The quantitative estimate of drug-likeness (QED) is 0.450. The van der Waals surface area contributed by atoms with Gasteiger partial charge in [0.2, 0.25) is 0 Å². The van der Waals surface area contributed by atoms with Gasteiger partial charge in [-0.3, -0.25) is 0 Å². The molecule has 26 heavy (non-hydrogen) atoms. The Morgan fingerprint density at radius 1 is 0.731 bits per heavy atom. The molecule has 0 unspecified atom stereocenters. The van der Waals surface area contributed by atoms with Crippen LogP contribution in [-0.4, -0.2) is 14.2 Å². The van der Waals surface area contributed by atoms with Gasteiger partial charge < -0.3 is 18.6 Å². The second-order valence-electron chi connectivity index (χ2n) is 5.76. The molecule has 0 aliphatic carbocycles. The van der Waals surface area contributed by atoms with Crippen molar-refractivity contribution in [2.75, 3.05) is 14.2 Å². The lowest BCUT2D eigenvalue weighted by Crippen LogP contribution is -1.88. The van der Waals surface area contributed by atoms with E-state index in [4.69, 9.17) is 18.6 Å². The Bertz CT molecular complexity index is 1030. The third kappa shape index (κ3) is 2.97. The number of fused-ring (bicyclic) bond motifs is 1. The third-order valence-electron chi connectivity index (χ3n) is 4.22. The zero-order valence-corrected chi connectivity index (χ0v) is 14.6. The van der Waals surface area contributed by atoms with Crippen LogP contribution in [0.15, 0.2) is 77.2 Å². The van der Waals surface area contributed by atoms with Crippen molar-refractivity contribution >= 4 is 11.0 Å². The van der Waals surface area contributed by atoms with Gasteiger partial charge in [0.25, 0.3) is 5.95 Å². The highest BCUT2D eigenvalue weighted by Gasteiger charge is 2.12. The first-order chi connectivity index (χ1) is 12.8. The van der Waals surface area contributed by atoms with E-state index in [1.165, 1.54) is 0 Å². The van der Waals surface area contributed by atoms with Gasteiger partial charge >= 0.3 is 0 Å². The summed E-state index contributed by atoms with van der Waals surface area (Å²) in [5.41, 5.74) is 2.92. The van der Waals surface area contributed by atoms with Crippen LogP contribution in [0, 0.1) is 0 Å². The number of hydrogen-bond donors (Lipinski definition) is 0. The summed E-state index contributed by atoms with van der Waals surface area (Å²) in [6, 6.07) is 23.3. The zero-order valence-electron chi connectivity index (χ0n) is 14.6. The topological polar surface area (TPSA) is 40.8 Å². The van der Waals surface area contributed by atoms with Crippen molar-refractivity contribution in [2.24, 2.45) is 0 Å². The Morgan fingerprint density at radius 2 is 1.50 bits per heavy atom. The molecular weight excluding hydrogens is 328 g/mol. The number of methoxy groups -OCH3 is 2. The summed E-state index contributed by atoms with van der Waals surface area (Å²) >= 11 is 0. The van der Waals surface area contributed by atoms with Crippen molar-refractivity contribution in [3.05, 3.63) is 72.8 Å². The van der Waals surface area contributed by atoms with Crippen molar-refractivity contribution in [1.29, 1.82) is 0 Å². The highest BCUT2D eigenvalue weighted by atomic mass is 16.6. The van der Waals surface area contributed by atoms with Crippen LogP contribution in [0.3, 0.4) is 0 Å². The van der Waals surface area contributed by atoms with Crippen LogP contribution in [0.1, 0.15) is 0 Å². The Labute approximate surface area is 151 Å². The van der Waals surface area contributed by atoms with E-state index in [1.54, 1.807) is 14.2 Å². The summed E-state index contributed by atoms with van der Waals surface area (Å²) in [5.74, 6) is 2.52. The fourth-order valence-corrected chi connectivity index (χ4v) is 2.92. The molecule has 4 nitrogen and oxygen atoms in total. The second-order valence-corrected chi connectivity index (χ2v) is 5.76. The molecule has 4 aromatic rings. The van der Waals surface area contributed by atoms with E-state index in [0.29, 0.717) is 17.4 Å². The molecule has 0 spiro atoms. The number of rotatable bonds is 5. The minimum atomic E-state index is 0.422. The number of ether oxygens (including phenoxy) is 3. The van der Waals surface area contributed by atoms with E-state index in [2.05, 4.69) is 6.07 Å². The molecule has 0 aliphatic heterocycles. The predicted molar refractivity (Wildman–Crippen MR) is 101 cm³/mol. The number of hydrogen-bond acceptors (Lipinski definition) is 4. The molecule has 3 aromatic carbocycles. The second kappa shape index (κ2) is 6.84. The first-order valence-corrected chi connectivity index (χ1v) is 8.26. The minimum Gasteiger partial charge on any atom is -0.497 e. The van der Waals surface area contributed by atoms with Crippen molar-refractivity contribution in [2.45, 2.75) is 0 Å². The maximum Gasteiger partial charge on any atom is 0.291 e. The van der Waals surface area contributed by atoms with Gasteiger partial charge in [0.15, 0.2) is 11.5 Å². The van der Waals surface area contributed by atoms with Gasteiger partial charge in [-0.15, -0.1) is 0 Å². The molecular formula is C22H18O4. The standard InChI is InChI=1S/C22H18O4/c1-23-16-12-10-15(11-13-16)17-6-5-9-19-18(17)14-22(25-19)26-21-8-4-3-7-20(21)24-2/h3-14H,1-2H3. The Hall–Kier alpha value is -3.40. The summed E-state index contributed by atoms with van der Waals surface area (Å²) < 4.78 is 22.3. The lowest BCUT2D eigenvalue weighted by molar-refractivity contribution is 0.331. The zero-order chi connectivity index (χ0) is 17.9. The average Bonchev–Trinajstić information content (AvgIpc) is 3.11. The van der Waals surface area contributed by atoms with Gasteiger partial charge in [-0.05, 0) is 41.5 Å². The van der Waals surface area contributed by atoms with Crippen molar-refractivity contribution in [3.8, 4) is 34.3 Å². The predicted octanol–water partition coefficient (Wildman–Crippen LogP) is 5.91. The molecule has 0 saturated carbocycles. The fraction of sp³-hybridized carbons (Fsp3) is 0.0909. The van der Waals surface area contributed by atoms with Crippen molar-refractivity contribution in [1.82, 2.24) is 0 Å².